The Morgan fingerprint density at radius 3 is 2.55 bits per heavy atom. The van der Waals surface area contributed by atoms with Gasteiger partial charge in [-0.15, -0.1) is 0 Å². The van der Waals surface area contributed by atoms with E-state index >= 15 is 0 Å². The summed E-state index contributed by atoms with van der Waals surface area (Å²) < 4.78 is 14.4. The summed E-state index contributed by atoms with van der Waals surface area (Å²) in [7, 11) is 1.55. The number of benzene rings is 2. The molecule has 6 rings (SSSR count). The topological polar surface area (TPSA) is 106 Å². The number of aliphatic hydroxyl groups excluding tert-OH is 1. The summed E-state index contributed by atoms with van der Waals surface area (Å²) >= 11 is 1.33. The average molecular weight is 611 g/mol. The molecule has 4 heterocycles. The highest BCUT2D eigenvalue weighted by Gasteiger charge is 2.49. The van der Waals surface area contributed by atoms with Gasteiger partial charge in [0.1, 0.15) is 11.3 Å². The molecule has 1 atom stereocenters. The van der Waals surface area contributed by atoms with E-state index in [9.17, 15) is 14.7 Å². The summed E-state index contributed by atoms with van der Waals surface area (Å²) in [5, 5.41) is 12.2. The van der Waals surface area contributed by atoms with E-state index in [1.807, 2.05) is 62.6 Å². The molecular weight excluding hydrogens is 576 g/mol. The van der Waals surface area contributed by atoms with Crippen LogP contribution in [0.4, 0.5) is 5.13 Å². The van der Waals surface area contributed by atoms with E-state index in [0.717, 1.165) is 39.7 Å². The molecule has 3 aromatic heterocycles. The lowest BCUT2D eigenvalue weighted by Crippen LogP contribution is -2.29. The highest BCUT2D eigenvalue weighted by molar-refractivity contribution is 7.22. The molecular formula is C34H34N4O5S. The van der Waals surface area contributed by atoms with E-state index in [2.05, 4.69) is 6.92 Å². The summed E-state index contributed by atoms with van der Waals surface area (Å²) in [4.78, 5) is 38.7. The van der Waals surface area contributed by atoms with Crippen LogP contribution >= 0.6 is 11.3 Å². The number of anilines is 1. The molecule has 2 aromatic carbocycles. The largest absolute Gasteiger partial charge is 0.505 e. The number of aromatic nitrogens is 3. The van der Waals surface area contributed by atoms with Crippen LogP contribution in [0.3, 0.4) is 0 Å². The lowest BCUT2D eigenvalue weighted by atomic mass is 9.96. The smallest absolute Gasteiger partial charge is 0.301 e. The fourth-order valence-corrected chi connectivity index (χ4v) is 6.95. The first-order chi connectivity index (χ1) is 21.1. The molecule has 1 aliphatic heterocycles. The zero-order valence-corrected chi connectivity index (χ0v) is 26.4. The number of ether oxygens (including phenoxy) is 2. The number of pyridine rings is 1. The van der Waals surface area contributed by atoms with Crippen LogP contribution in [-0.4, -0.2) is 44.9 Å². The Kier molecular flexibility index (Phi) is 7.63. The van der Waals surface area contributed by atoms with Crippen molar-refractivity contribution in [2.24, 2.45) is 0 Å². The Labute approximate surface area is 259 Å². The quantitative estimate of drug-likeness (QED) is 0.0873. The molecule has 0 radical (unpaired) electrons. The van der Waals surface area contributed by atoms with Gasteiger partial charge in [-0.25, -0.2) is 9.97 Å². The van der Waals surface area contributed by atoms with Crippen LogP contribution in [-0.2, 0) is 9.59 Å². The minimum Gasteiger partial charge on any atom is -0.505 e. The van der Waals surface area contributed by atoms with Crippen molar-refractivity contribution >= 4 is 49.8 Å². The number of hydrogen-bond acceptors (Lipinski definition) is 8. The molecule has 226 valence electrons. The van der Waals surface area contributed by atoms with Gasteiger partial charge in [-0.05, 0) is 80.6 Å². The number of unbranched alkanes of at least 4 members (excludes halogenated alkanes) is 1. The summed E-state index contributed by atoms with van der Waals surface area (Å²) in [6, 6.07) is 12.2. The lowest BCUT2D eigenvalue weighted by Gasteiger charge is -2.23. The Balaban J connectivity index is 1.57. The lowest BCUT2D eigenvalue weighted by molar-refractivity contribution is -0.132. The number of nitrogens with zero attached hydrogens (tertiary/aromatic N) is 4. The second-order valence-corrected chi connectivity index (χ2v) is 12.1. The van der Waals surface area contributed by atoms with Gasteiger partial charge < -0.3 is 19.0 Å². The number of aliphatic hydroxyl groups is 1. The fourth-order valence-electron chi connectivity index (χ4n) is 5.78. The standard InChI is InChI=1S/C34H34N4O5S/c1-7-8-14-43-23-12-11-22(17-24(23)42-6)29-26(30(39)28-21(5)37-13-9-10-19(3)32(37)35-28)31(40)33(41)38(29)34-36-27-20(4)15-18(2)16-25(27)44-34/h9-13,15-17,29,39H,7-8,14H2,1-6H3/b30-26+. The molecule has 1 aliphatic rings. The number of hydrogen-bond donors (Lipinski definition) is 1. The molecule has 9 nitrogen and oxygen atoms in total. The van der Waals surface area contributed by atoms with Crippen molar-refractivity contribution in [1.29, 1.82) is 0 Å². The molecule has 0 spiro atoms. The molecule has 1 saturated heterocycles. The minimum atomic E-state index is -0.985. The van der Waals surface area contributed by atoms with Gasteiger partial charge in [0.25, 0.3) is 5.78 Å². The first-order valence-electron chi connectivity index (χ1n) is 14.6. The Bertz CT molecular complexity index is 1990. The first kappa shape index (κ1) is 29.4. The number of amides is 1. The fraction of sp³-hybridized carbons (Fsp3) is 0.294. The summed E-state index contributed by atoms with van der Waals surface area (Å²) in [5.41, 5.74) is 5.77. The highest BCUT2D eigenvalue weighted by atomic mass is 32.1. The van der Waals surface area contributed by atoms with Crippen molar-refractivity contribution in [2.75, 3.05) is 18.6 Å². The number of methoxy groups -OCH3 is 1. The molecule has 0 aliphatic carbocycles. The van der Waals surface area contributed by atoms with Crippen LogP contribution in [0, 0.1) is 27.7 Å². The van der Waals surface area contributed by atoms with Crippen LogP contribution in [0.25, 0.3) is 21.6 Å². The van der Waals surface area contributed by atoms with Crippen molar-refractivity contribution in [3.63, 3.8) is 0 Å². The maximum absolute atomic E-state index is 13.9. The third-order valence-corrected chi connectivity index (χ3v) is 9.04. The number of Topliss-reactive ketones (excluding diaryl/α,β-unsaturated/α-hetero) is 1. The third kappa shape index (κ3) is 4.79. The number of fused-ring (bicyclic) bond motifs is 2. The zero-order chi connectivity index (χ0) is 31.3. The van der Waals surface area contributed by atoms with Gasteiger partial charge in [0, 0.05) is 6.20 Å². The highest BCUT2D eigenvalue weighted by Crippen LogP contribution is 2.46. The van der Waals surface area contributed by atoms with Gasteiger partial charge in [0.05, 0.1) is 41.2 Å². The van der Waals surface area contributed by atoms with E-state index < -0.39 is 17.7 Å². The van der Waals surface area contributed by atoms with E-state index in [1.54, 1.807) is 25.3 Å². The number of ketones is 1. The molecule has 1 unspecified atom stereocenters. The van der Waals surface area contributed by atoms with Gasteiger partial charge >= 0.3 is 5.91 Å². The van der Waals surface area contributed by atoms with Gasteiger partial charge in [-0.1, -0.05) is 42.9 Å². The van der Waals surface area contributed by atoms with E-state index in [1.165, 1.54) is 16.2 Å². The predicted molar refractivity (Wildman–Crippen MR) is 172 cm³/mol. The Morgan fingerprint density at radius 1 is 1.02 bits per heavy atom. The molecule has 1 N–H and O–H groups in total. The Hall–Kier alpha value is -4.70. The second kappa shape index (κ2) is 11.4. The van der Waals surface area contributed by atoms with Crippen molar-refractivity contribution in [1.82, 2.24) is 14.4 Å². The molecule has 5 aromatic rings. The first-order valence-corrected chi connectivity index (χ1v) is 15.4. The summed E-state index contributed by atoms with van der Waals surface area (Å²) in [6.45, 7) is 10.3. The monoisotopic (exact) mass is 610 g/mol. The van der Waals surface area contributed by atoms with Gasteiger partial charge in [0.15, 0.2) is 22.4 Å². The van der Waals surface area contributed by atoms with E-state index in [-0.39, 0.29) is 17.0 Å². The number of carbonyl (C=O) groups excluding carboxylic acids is 2. The molecule has 1 amide bonds. The predicted octanol–water partition coefficient (Wildman–Crippen LogP) is 6.99. The second-order valence-electron chi connectivity index (χ2n) is 11.1. The van der Waals surface area contributed by atoms with E-state index in [0.29, 0.717) is 40.1 Å². The Morgan fingerprint density at radius 2 is 1.82 bits per heavy atom. The van der Waals surface area contributed by atoms with Crippen LogP contribution in [0.15, 0.2) is 54.2 Å². The number of carbonyl (C=O) groups is 2. The van der Waals surface area contributed by atoms with E-state index in [4.69, 9.17) is 19.4 Å². The van der Waals surface area contributed by atoms with Crippen molar-refractivity contribution in [3.05, 3.63) is 87.9 Å². The SMILES string of the molecule is CCCCOc1ccc(C2/C(=C(\O)c3nc4c(C)cccn4c3C)C(=O)C(=O)N2c2nc3c(C)cc(C)cc3s2)cc1OC. The van der Waals surface area contributed by atoms with Crippen LogP contribution in [0.2, 0.25) is 0 Å². The van der Waals surface area contributed by atoms with Gasteiger partial charge in [0.2, 0.25) is 0 Å². The maximum atomic E-state index is 13.9. The molecule has 44 heavy (non-hydrogen) atoms. The van der Waals surface area contributed by atoms with Gasteiger partial charge in [-0.2, -0.15) is 0 Å². The molecule has 10 heteroatoms. The summed E-state index contributed by atoms with van der Waals surface area (Å²) in [6.07, 6.45) is 3.72. The zero-order valence-electron chi connectivity index (χ0n) is 25.6. The third-order valence-electron chi connectivity index (χ3n) is 8.04. The summed E-state index contributed by atoms with van der Waals surface area (Å²) in [5.74, 6) is -0.911. The van der Waals surface area contributed by atoms with Crippen molar-refractivity contribution < 1.29 is 24.2 Å². The molecule has 0 bridgehead atoms. The normalized spacial score (nSPS) is 16.4. The number of imidazole rings is 1. The van der Waals surface area contributed by atoms with Crippen LogP contribution in [0.1, 0.15) is 59.4 Å². The number of thiazole rings is 1. The van der Waals surface area contributed by atoms with Crippen molar-refractivity contribution in [3.8, 4) is 11.5 Å². The molecule has 0 saturated carbocycles. The number of aryl methyl sites for hydroxylation is 4. The van der Waals surface area contributed by atoms with Gasteiger partial charge in [-0.3, -0.25) is 14.5 Å². The minimum absolute atomic E-state index is 0.0620. The molecule has 1 fully saturated rings. The number of rotatable bonds is 8. The maximum Gasteiger partial charge on any atom is 0.301 e. The average Bonchev–Trinajstić information content (AvgIpc) is 3.65. The van der Waals surface area contributed by atoms with Crippen LogP contribution < -0.4 is 14.4 Å². The van der Waals surface area contributed by atoms with Crippen molar-refractivity contribution in [2.45, 2.75) is 53.5 Å². The van der Waals surface area contributed by atoms with Crippen LogP contribution in [0.5, 0.6) is 11.5 Å².